The van der Waals surface area contributed by atoms with E-state index in [9.17, 15) is 4.79 Å². The van der Waals surface area contributed by atoms with Crippen molar-refractivity contribution < 1.29 is 9.53 Å². The lowest BCUT2D eigenvalue weighted by atomic mass is 9.87. The molecule has 0 aliphatic carbocycles. The topological polar surface area (TPSA) is 38.3 Å². The second kappa shape index (κ2) is 8.02. The lowest BCUT2D eigenvalue weighted by Crippen LogP contribution is -2.24. The van der Waals surface area contributed by atoms with Gasteiger partial charge in [0.15, 0.2) is 0 Å². The Morgan fingerprint density at radius 2 is 1.64 bits per heavy atom. The maximum absolute atomic E-state index is 12.1. The smallest absolute Gasteiger partial charge is 0.244 e. The molecular formula is C22H27NO2. The zero-order valence-electron chi connectivity index (χ0n) is 15.7. The molecule has 2 rings (SSSR count). The fourth-order valence-corrected chi connectivity index (χ4v) is 2.50. The second-order valence-electron chi connectivity index (χ2n) is 7.21. The van der Waals surface area contributed by atoms with E-state index in [1.165, 1.54) is 5.56 Å². The SMILES string of the molecule is COc1ccc(C(C)NC(=O)/C=C/c2ccc(C(C)(C)C)cc2)cc1. The van der Waals surface area contributed by atoms with Gasteiger partial charge in [0, 0.05) is 6.08 Å². The van der Waals surface area contributed by atoms with Crippen LogP contribution in [0.3, 0.4) is 0 Å². The van der Waals surface area contributed by atoms with Gasteiger partial charge in [-0.15, -0.1) is 0 Å². The predicted octanol–water partition coefficient (Wildman–Crippen LogP) is 4.88. The summed E-state index contributed by atoms with van der Waals surface area (Å²) in [6.45, 7) is 8.52. The number of ether oxygens (including phenoxy) is 1. The summed E-state index contributed by atoms with van der Waals surface area (Å²) in [5, 5.41) is 2.97. The molecule has 0 heterocycles. The van der Waals surface area contributed by atoms with Crippen LogP contribution >= 0.6 is 0 Å². The number of hydrogen-bond donors (Lipinski definition) is 1. The van der Waals surface area contributed by atoms with Gasteiger partial charge in [0.25, 0.3) is 0 Å². The summed E-state index contributed by atoms with van der Waals surface area (Å²) in [6.07, 6.45) is 3.41. The molecule has 0 aliphatic heterocycles. The van der Waals surface area contributed by atoms with Crippen LogP contribution in [0.25, 0.3) is 6.08 Å². The fraction of sp³-hybridized carbons (Fsp3) is 0.318. The monoisotopic (exact) mass is 337 g/mol. The molecule has 0 fully saturated rings. The summed E-state index contributed by atoms with van der Waals surface area (Å²) in [6, 6.07) is 15.9. The van der Waals surface area contributed by atoms with E-state index >= 15 is 0 Å². The number of carbonyl (C=O) groups excluding carboxylic acids is 1. The number of benzene rings is 2. The van der Waals surface area contributed by atoms with E-state index in [0.29, 0.717) is 0 Å². The van der Waals surface area contributed by atoms with E-state index in [-0.39, 0.29) is 17.4 Å². The Morgan fingerprint density at radius 3 is 2.16 bits per heavy atom. The summed E-state index contributed by atoms with van der Waals surface area (Å²) < 4.78 is 5.15. The van der Waals surface area contributed by atoms with Crippen molar-refractivity contribution in [2.45, 2.75) is 39.2 Å². The Balaban J connectivity index is 1.95. The van der Waals surface area contributed by atoms with E-state index < -0.39 is 0 Å². The van der Waals surface area contributed by atoms with Crippen molar-refractivity contribution in [2.24, 2.45) is 0 Å². The van der Waals surface area contributed by atoms with E-state index in [4.69, 9.17) is 4.74 Å². The molecule has 0 radical (unpaired) electrons. The minimum absolute atomic E-state index is 0.0636. The minimum atomic E-state index is -0.108. The summed E-state index contributed by atoms with van der Waals surface area (Å²) in [4.78, 5) is 12.1. The zero-order chi connectivity index (χ0) is 18.4. The molecule has 0 spiro atoms. The van der Waals surface area contributed by atoms with Gasteiger partial charge in [-0.2, -0.15) is 0 Å². The highest BCUT2D eigenvalue weighted by atomic mass is 16.5. The molecule has 1 N–H and O–H groups in total. The van der Waals surface area contributed by atoms with Crippen LogP contribution in [-0.4, -0.2) is 13.0 Å². The molecule has 0 bridgehead atoms. The van der Waals surface area contributed by atoms with E-state index in [2.05, 4.69) is 38.2 Å². The number of carbonyl (C=O) groups is 1. The van der Waals surface area contributed by atoms with Gasteiger partial charge >= 0.3 is 0 Å². The zero-order valence-corrected chi connectivity index (χ0v) is 15.7. The minimum Gasteiger partial charge on any atom is -0.497 e. The first kappa shape index (κ1) is 18.8. The lowest BCUT2D eigenvalue weighted by molar-refractivity contribution is -0.117. The van der Waals surface area contributed by atoms with Gasteiger partial charge in [-0.3, -0.25) is 4.79 Å². The van der Waals surface area contributed by atoms with Gasteiger partial charge in [-0.1, -0.05) is 57.2 Å². The van der Waals surface area contributed by atoms with E-state index in [0.717, 1.165) is 16.9 Å². The number of methoxy groups -OCH3 is 1. The van der Waals surface area contributed by atoms with Crippen LogP contribution in [0.15, 0.2) is 54.6 Å². The Morgan fingerprint density at radius 1 is 1.04 bits per heavy atom. The summed E-state index contributed by atoms with van der Waals surface area (Å²) >= 11 is 0. The van der Waals surface area contributed by atoms with Gasteiger partial charge in [-0.05, 0) is 47.2 Å². The normalized spacial score (nSPS) is 12.8. The molecule has 132 valence electrons. The molecule has 0 saturated carbocycles. The molecule has 0 aliphatic rings. The molecule has 3 heteroatoms. The van der Waals surface area contributed by atoms with Gasteiger partial charge < -0.3 is 10.1 Å². The molecule has 25 heavy (non-hydrogen) atoms. The molecule has 1 unspecified atom stereocenters. The van der Waals surface area contributed by atoms with Crippen LogP contribution in [0, 0.1) is 0 Å². The van der Waals surface area contributed by atoms with E-state index in [1.807, 2.05) is 49.4 Å². The molecule has 3 nitrogen and oxygen atoms in total. The first-order valence-electron chi connectivity index (χ1n) is 8.52. The molecule has 0 aromatic heterocycles. The van der Waals surface area contributed by atoms with Crippen molar-refractivity contribution >= 4 is 12.0 Å². The summed E-state index contributed by atoms with van der Waals surface area (Å²) in [5.74, 6) is 0.698. The van der Waals surface area contributed by atoms with Crippen molar-refractivity contribution in [3.8, 4) is 5.75 Å². The molecule has 2 aromatic rings. The van der Waals surface area contributed by atoms with Gasteiger partial charge in [-0.25, -0.2) is 0 Å². The standard InChI is InChI=1S/C22H27NO2/c1-16(18-9-13-20(25-5)14-10-18)23-21(24)15-8-17-6-11-19(12-7-17)22(2,3)4/h6-16H,1-5H3,(H,23,24)/b15-8+. The largest absolute Gasteiger partial charge is 0.497 e. The molecule has 0 saturated heterocycles. The first-order valence-corrected chi connectivity index (χ1v) is 8.52. The average molecular weight is 337 g/mol. The average Bonchev–Trinajstić information content (AvgIpc) is 2.59. The highest BCUT2D eigenvalue weighted by Crippen LogP contribution is 2.22. The molecule has 1 amide bonds. The fourth-order valence-electron chi connectivity index (χ4n) is 2.50. The van der Waals surface area contributed by atoms with Gasteiger partial charge in [0.2, 0.25) is 5.91 Å². The first-order chi connectivity index (χ1) is 11.8. The number of rotatable bonds is 5. The highest BCUT2D eigenvalue weighted by Gasteiger charge is 2.12. The van der Waals surface area contributed by atoms with Crippen LogP contribution in [0.2, 0.25) is 0 Å². The van der Waals surface area contributed by atoms with E-state index in [1.54, 1.807) is 13.2 Å². The van der Waals surface area contributed by atoms with Crippen molar-refractivity contribution in [3.63, 3.8) is 0 Å². The molecule has 1 atom stereocenters. The van der Waals surface area contributed by atoms with Crippen LogP contribution in [0.1, 0.15) is 50.4 Å². The third-order valence-electron chi connectivity index (χ3n) is 4.18. The van der Waals surface area contributed by atoms with Crippen molar-refractivity contribution in [1.82, 2.24) is 5.32 Å². The van der Waals surface area contributed by atoms with Crippen molar-refractivity contribution in [2.75, 3.05) is 7.11 Å². The summed E-state index contributed by atoms with van der Waals surface area (Å²) in [7, 11) is 1.64. The third kappa shape index (κ3) is 5.49. The quantitative estimate of drug-likeness (QED) is 0.789. The maximum Gasteiger partial charge on any atom is 0.244 e. The van der Waals surface area contributed by atoms with Crippen LogP contribution in [-0.2, 0) is 10.2 Å². The highest BCUT2D eigenvalue weighted by molar-refractivity contribution is 5.91. The Kier molecular flexibility index (Phi) is 6.02. The second-order valence-corrected chi connectivity index (χ2v) is 7.21. The van der Waals surface area contributed by atoms with Crippen molar-refractivity contribution in [3.05, 3.63) is 71.3 Å². The number of amides is 1. The Hall–Kier alpha value is -2.55. The Bertz CT molecular complexity index is 722. The van der Waals surface area contributed by atoms with Crippen LogP contribution in [0.5, 0.6) is 5.75 Å². The van der Waals surface area contributed by atoms with Gasteiger partial charge in [0.05, 0.1) is 13.2 Å². The van der Waals surface area contributed by atoms with Gasteiger partial charge in [0.1, 0.15) is 5.75 Å². The number of nitrogens with one attached hydrogen (secondary N) is 1. The Labute approximate surface area is 150 Å². The third-order valence-corrected chi connectivity index (χ3v) is 4.18. The van der Waals surface area contributed by atoms with Crippen LogP contribution < -0.4 is 10.1 Å². The predicted molar refractivity (Wildman–Crippen MR) is 104 cm³/mol. The number of hydrogen-bond acceptors (Lipinski definition) is 2. The molecule has 2 aromatic carbocycles. The van der Waals surface area contributed by atoms with Crippen LogP contribution in [0.4, 0.5) is 0 Å². The summed E-state index contributed by atoms with van der Waals surface area (Å²) in [5.41, 5.74) is 3.47. The van der Waals surface area contributed by atoms with Crippen molar-refractivity contribution in [1.29, 1.82) is 0 Å². The lowest BCUT2D eigenvalue weighted by Gasteiger charge is -2.18. The maximum atomic E-state index is 12.1. The molecular weight excluding hydrogens is 310 g/mol.